The second-order valence-electron chi connectivity index (χ2n) is 3.49. The first-order valence-electron chi connectivity index (χ1n) is 4.78. The van der Waals surface area contributed by atoms with E-state index in [1.165, 1.54) is 0 Å². The van der Waals surface area contributed by atoms with Gasteiger partial charge in [-0.25, -0.2) is 0 Å². The lowest BCUT2D eigenvalue weighted by molar-refractivity contribution is -0.121. The summed E-state index contributed by atoms with van der Waals surface area (Å²) in [6, 6.07) is 0. The van der Waals surface area contributed by atoms with E-state index in [0.29, 0.717) is 31.0 Å². The van der Waals surface area contributed by atoms with Crippen LogP contribution in [0, 0.1) is 5.92 Å². The van der Waals surface area contributed by atoms with Crippen LogP contribution in [0.3, 0.4) is 0 Å². The zero-order valence-electron chi connectivity index (χ0n) is 7.64. The highest BCUT2D eigenvalue weighted by atomic mass is 16.1. The number of carbonyl (C=O) groups excluding carboxylic acids is 2. The van der Waals surface area contributed by atoms with Crippen LogP contribution in [0.15, 0.2) is 0 Å². The van der Waals surface area contributed by atoms with Crippen molar-refractivity contribution in [2.75, 3.05) is 0 Å². The molecule has 0 aromatic heterocycles. The number of carbonyl (C=O) groups is 2. The van der Waals surface area contributed by atoms with Crippen LogP contribution >= 0.6 is 0 Å². The summed E-state index contributed by atoms with van der Waals surface area (Å²) < 4.78 is 0. The van der Waals surface area contributed by atoms with Crippen molar-refractivity contribution in [2.45, 2.75) is 45.4 Å². The minimum absolute atomic E-state index is 0.276. The fourth-order valence-electron chi connectivity index (χ4n) is 1.25. The van der Waals surface area contributed by atoms with Crippen LogP contribution < -0.4 is 0 Å². The first-order chi connectivity index (χ1) is 5.74. The minimum Gasteiger partial charge on any atom is -0.300 e. The van der Waals surface area contributed by atoms with Crippen LogP contribution in [-0.4, -0.2) is 11.6 Å². The molecule has 0 heterocycles. The highest BCUT2D eigenvalue weighted by Gasteiger charge is 2.28. The lowest BCUT2D eigenvalue weighted by Crippen LogP contribution is -2.02. The molecule has 0 aromatic carbocycles. The predicted molar refractivity (Wildman–Crippen MR) is 46.9 cm³/mol. The third kappa shape index (κ3) is 3.16. The van der Waals surface area contributed by atoms with Crippen molar-refractivity contribution in [2.24, 2.45) is 5.92 Å². The normalized spacial score (nSPS) is 16.1. The van der Waals surface area contributed by atoms with Crippen LogP contribution in [0.4, 0.5) is 0 Å². The number of Topliss-reactive ketones (excluding diaryl/α,β-unsaturated/α-hetero) is 2. The molecular formula is C10H16O2. The van der Waals surface area contributed by atoms with Crippen molar-refractivity contribution in [1.29, 1.82) is 0 Å². The number of rotatable bonds is 6. The van der Waals surface area contributed by atoms with Gasteiger partial charge in [-0.05, 0) is 19.3 Å². The average Bonchev–Trinajstić information content (AvgIpc) is 2.86. The van der Waals surface area contributed by atoms with Crippen molar-refractivity contribution < 1.29 is 9.59 Å². The molecule has 1 rings (SSSR count). The van der Waals surface area contributed by atoms with Gasteiger partial charge in [-0.2, -0.15) is 0 Å². The Morgan fingerprint density at radius 2 is 1.92 bits per heavy atom. The van der Waals surface area contributed by atoms with E-state index in [9.17, 15) is 9.59 Å². The summed E-state index contributed by atoms with van der Waals surface area (Å²) in [4.78, 5) is 22.0. The Bertz CT molecular complexity index is 180. The lowest BCUT2D eigenvalue weighted by Gasteiger charge is -1.97. The molecule has 0 aliphatic heterocycles. The standard InChI is InChI=1S/C10H16O2/c1-2-9(11)4-3-5-10(12)8-6-7-8/h8H,2-7H2,1H3. The summed E-state index contributed by atoms with van der Waals surface area (Å²) >= 11 is 0. The fraction of sp³-hybridized carbons (Fsp3) is 0.800. The third-order valence-corrected chi connectivity index (χ3v) is 2.31. The molecule has 1 fully saturated rings. The molecule has 1 saturated carbocycles. The van der Waals surface area contributed by atoms with Crippen molar-refractivity contribution in [3.8, 4) is 0 Å². The molecule has 0 bridgehead atoms. The Morgan fingerprint density at radius 1 is 1.25 bits per heavy atom. The largest absolute Gasteiger partial charge is 0.300 e. The predicted octanol–water partition coefficient (Wildman–Crippen LogP) is 2.11. The van der Waals surface area contributed by atoms with Crippen LogP contribution in [0.25, 0.3) is 0 Å². The first-order valence-corrected chi connectivity index (χ1v) is 4.78. The van der Waals surface area contributed by atoms with Crippen molar-refractivity contribution in [3.05, 3.63) is 0 Å². The Labute approximate surface area is 73.3 Å². The van der Waals surface area contributed by atoms with Crippen molar-refractivity contribution in [3.63, 3.8) is 0 Å². The molecule has 68 valence electrons. The van der Waals surface area contributed by atoms with E-state index >= 15 is 0 Å². The van der Waals surface area contributed by atoms with Crippen LogP contribution in [0.1, 0.15) is 45.4 Å². The monoisotopic (exact) mass is 168 g/mol. The highest BCUT2D eigenvalue weighted by Crippen LogP contribution is 2.31. The van der Waals surface area contributed by atoms with Gasteiger partial charge in [-0.1, -0.05) is 6.92 Å². The molecule has 2 heteroatoms. The molecule has 0 amide bonds. The second-order valence-corrected chi connectivity index (χ2v) is 3.49. The maximum atomic E-state index is 11.2. The Hall–Kier alpha value is -0.660. The number of hydrogen-bond donors (Lipinski definition) is 0. The van der Waals surface area contributed by atoms with Gasteiger partial charge in [-0.15, -0.1) is 0 Å². The molecule has 1 aliphatic rings. The number of hydrogen-bond acceptors (Lipinski definition) is 2. The Kier molecular flexibility index (Phi) is 3.45. The molecule has 2 nitrogen and oxygen atoms in total. The first kappa shape index (κ1) is 9.43. The second kappa shape index (κ2) is 4.39. The summed E-state index contributed by atoms with van der Waals surface area (Å²) in [5, 5.41) is 0. The fourth-order valence-corrected chi connectivity index (χ4v) is 1.25. The molecule has 0 aromatic rings. The summed E-state index contributed by atoms with van der Waals surface area (Å²) in [6.45, 7) is 1.87. The number of ketones is 2. The van der Waals surface area contributed by atoms with Gasteiger partial charge in [0, 0.05) is 25.2 Å². The molecule has 0 unspecified atom stereocenters. The molecule has 0 atom stereocenters. The zero-order chi connectivity index (χ0) is 8.97. The zero-order valence-corrected chi connectivity index (χ0v) is 7.64. The maximum absolute atomic E-state index is 11.2. The molecule has 0 spiro atoms. The van der Waals surface area contributed by atoms with Crippen molar-refractivity contribution in [1.82, 2.24) is 0 Å². The summed E-state index contributed by atoms with van der Waals surface area (Å²) in [7, 11) is 0. The highest BCUT2D eigenvalue weighted by molar-refractivity contribution is 5.84. The van der Waals surface area contributed by atoms with Gasteiger partial charge >= 0.3 is 0 Å². The van der Waals surface area contributed by atoms with Gasteiger partial charge < -0.3 is 0 Å². The van der Waals surface area contributed by atoms with E-state index < -0.39 is 0 Å². The van der Waals surface area contributed by atoms with Crippen LogP contribution in [0.5, 0.6) is 0 Å². The summed E-state index contributed by atoms with van der Waals surface area (Å²) in [5.74, 6) is 1.01. The van der Waals surface area contributed by atoms with Gasteiger partial charge in [-0.3, -0.25) is 9.59 Å². The van der Waals surface area contributed by atoms with Crippen LogP contribution in [-0.2, 0) is 9.59 Å². The molecule has 12 heavy (non-hydrogen) atoms. The van der Waals surface area contributed by atoms with E-state index in [-0.39, 0.29) is 5.78 Å². The van der Waals surface area contributed by atoms with E-state index in [0.717, 1.165) is 19.3 Å². The Morgan fingerprint density at radius 3 is 2.42 bits per heavy atom. The van der Waals surface area contributed by atoms with E-state index in [4.69, 9.17) is 0 Å². The smallest absolute Gasteiger partial charge is 0.135 e. The van der Waals surface area contributed by atoms with Gasteiger partial charge in [0.2, 0.25) is 0 Å². The summed E-state index contributed by atoms with van der Waals surface area (Å²) in [6.07, 6.45) is 4.76. The van der Waals surface area contributed by atoms with E-state index in [2.05, 4.69) is 0 Å². The van der Waals surface area contributed by atoms with Crippen molar-refractivity contribution >= 4 is 11.6 Å². The average molecular weight is 168 g/mol. The van der Waals surface area contributed by atoms with Gasteiger partial charge in [0.05, 0.1) is 0 Å². The topological polar surface area (TPSA) is 34.1 Å². The maximum Gasteiger partial charge on any atom is 0.135 e. The van der Waals surface area contributed by atoms with Gasteiger partial charge in [0.25, 0.3) is 0 Å². The van der Waals surface area contributed by atoms with E-state index in [1.54, 1.807) is 0 Å². The molecular weight excluding hydrogens is 152 g/mol. The lowest BCUT2D eigenvalue weighted by atomic mass is 10.1. The van der Waals surface area contributed by atoms with Crippen LogP contribution in [0.2, 0.25) is 0 Å². The molecule has 0 saturated heterocycles. The SMILES string of the molecule is CCC(=O)CCCC(=O)C1CC1. The quantitative estimate of drug-likeness (QED) is 0.608. The Balaban J connectivity index is 2.01. The van der Waals surface area contributed by atoms with Gasteiger partial charge in [0.15, 0.2) is 0 Å². The van der Waals surface area contributed by atoms with E-state index in [1.807, 2.05) is 6.92 Å². The molecule has 1 aliphatic carbocycles. The molecule has 0 radical (unpaired) electrons. The molecule has 0 N–H and O–H groups in total. The minimum atomic E-state index is 0.276. The third-order valence-electron chi connectivity index (χ3n) is 2.31. The van der Waals surface area contributed by atoms with Gasteiger partial charge in [0.1, 0.15) is 11.6 Å². The summed E-state index contributed by atoms with van der Waals surface area (Å²) in [5.41, 5.74) is 0.